The molecule has 204 valence electrons. The number of benzene rings is 3. The molecule has 2 N–H and O–H groups in total. The van der Waals surface area contributed by atoms with E-state index < -0.39 is 11.6 Å². The first-order valence-corrected chi connectivity index (χ1v) is 12.9. The molecule has 3 aromatic rings. The van der Waals surface area contributed by atoms with Crippen molar-refractivity contribution in [1.29, 1.82) is 0 Å². The Morgan fingerprint density at radius 2 is 1.76 bits per heavy atom. The molecule has 2 fully saturated rings. The second kappa shape index (κ2) is 11.2. The fourth-order valence-electron chi connectivity index (χ4n) is 6.66. The number of likely N-dealkylation sites (N-methyl/N-ethyl adjacent to an activating group) is 1. The van der Waals surface area contributed by atoms with Crippen LogP contribution in [-0.2, 0) is 11.2 Å². The van der Waals surface area contributed by atoms with Crippen molar-refractivity contribution in [2.24, 2.45) is 0 Å². The number of aliphatic hydroxyl groups is 1. The standard InChI is InChI=1S/C29H33FN4O2.CH4.H2S/c1-31-17-24(35)18-33-19-34(23-10-8-22(30)9-11-23)29(28(33)36)12-14-32(15-13-29)26-16-21-6-2-4-20-5-3-7-25(26)27(20)21;;/h2-11,24,26,31,35H,12-19H2,1H3;1H4;1H2/t24-,26+;;/m0../s1. The predicted molar refractivity (Wildman–Crippen MR) is 156 cm³/mol. The van der Waals surface area contributed by atoms with Gasteiger partial charge < -0.3 is 20.2 Å². The molecule has 2 atom stereocenters. The molecule has 6 rings (SSSR count). The summed E-state index contributed by atoms with van der Waals surface area (Å²) < 4.78 is 13.7. The summed E-state index contributed by atoms with van der Waals surface area (Å²) in [7, 11) is 1.79. The van der Waals surface area contributed by atoms with Crippen LogP contribution in [0, 0.1) is 5.82 Å². The predicted octanol–water partition coefficient (Wildman–Crippen LogP) is 4.05. The third kappa shape index (κ3) is 4.68. The summed E-state index contributed by atoms with van der Waals surface area (Å²) in [5.41, 5.74) is 2.97. The van der Waals surface area contributed by atoms with E-state index in [-0.39, 0.29) is 39.2 Å². The Balaban J connectivity index is 0.00000168. The first-order chi connectivity index (χ1) is 17.5. The monoisotopic (exact) mass is 538 g/mol. The molecule has 3 aliphatic rings. The summed E-state index contributed by atoms with van der Waals surface area (Å²) >= 11 is 0. The Morgan fingerprint density at radius 3 is 2.45 bits per heavy atom. The Kier molecular flexibility index (Phi) is 8.37. The molecule has 0 bridgehead atoms. The topological polar surface area (TPSA) is 59.1 Å². The van der Waals surface area contributed by atoms with E-state index in [1.165, 1.54) is 34.0 Å². The van der Waals surface area contributed by atoms with E-state index in [1.54, 1.807) is 24.1 Å². The lowest BCUT2D eigenvalue weighted by molar-refractivity contribution is -0.135. The zero-order valence-corrected chi connectivity index (χ0v) is 22.2. The highest BCUT2D eigenvalue weighted by Gasteiger charge is 2.54. The number of carbonyl (C=O) groups excluding carboxylic acids is 1. The van der Waals surface area contributed by atoms with Crippen LogP contribution < -0.4 is 10.2 Å². The number of aliphatic hydroxyl groups excluding tert-OH is 1. The summed E-state index contributed by atoms with van der Waals surface area (Å²) in [6, 6.07) is 19.9. The van der Waals surface area contributed by atoms with Gasteiger partial charge in [-0.1, -0.05) is 43.8 Å². The number of halogens is 1. The van der Waals surface area contributed by atoms with Gasteiger partial charge in [0.25, 0.3) is 0 Å². The lowest BCUT2D eigenvalue weighted by Crippen LogP contribution is -2.57. The molecule has 0 unspecified atom stereocenters. The van der Waals surface area contributed by atoms with Gasteiger partial charge >= 0.3 is 0 Å². The van der Waals surface area contributed by atoms with E-state index in [2.05, 4.69) is 51.5 Å². The maximum absolute atomic E-state index is 13.9. The van der Waals surface area contributed by atoms with E-state index in [0.29, 0.717) is 32.1 Å². The number of hydrogen-bond donors (Lipinski definition) is 2. The molecule has 2 saturated heterocycles. The van der Waals surface area contributed by atoms with Crippen LogP contribution in [-0.4, -0.2) is 72.4 Å². The van der Waals surface area contributed by atoms with Crippen molar-refractivity contribution in [1.82, 2.24) is 15.1 Å². The molecular weight excluding hydrogens is 499 g/mol. The summed E-state index contributed by atoms with van der Waals surface area (Å²) in [5.74, 6) is -0.220. The summed E-state index contributed by atoms with van der Waals surface area (Å²) in [6.45, 7) is 2.73. The number of β-amino-alcohol motifs (C(OH)–C–C–N with tert-alkyl or cyclic N) is 1. The van der Waals surface area contributed by atoms with Gasteiger partial charge in [-0.05, 0) is 72.5 Å². The number of hydrogen-bond acceptors (Lipinski definition) is 5. The van der Waals surface area contributed by atoms with Crippen LogP contribution in [0.1, 0.15) is 37.4 Å². The third-order valence-corrected chi connectivity index (χ3v) is 8.38. The van der Waals surface area contributed by atoms with Crippen molar-refractivity contribution in [3.05, 3.63) is 77.6 Å². The van der Waals surface area contributed by atoms with Gasteiger partial charge in [0, 0.05) is 37.9 Å². The lowest BCUT2D eigenvalue weighted by atomic mass is 9.84. The molecule has 1 spiro atoms. The Bertz CT molecular complexity index is 1270. The van der Waals surface area contributed by atoms with Gasteiger partial charge in [-0.2, -0.15) is 13.5 Å². The molecule has 0 saturated carbocycles. The maximum atomic E-state index is 13.9. The average molecular weight is 539 g/mol. The fraction of sp³-hybridized carbons (Fsp3) is 0.433. The van der Waals surface area contributed by atoms with Crippen molar-refractivity contribution in [2.45, 2.75) is 44.4 Å². The zero-order valence-electron chi connectivity index (χ0n) is 21.2. The molecule has 3 aromatic carbocycles. The molecular formula is C30H39FN4O2S. The van der Waals surface area contributed by atoms with Crippen molar-refractivity contribution < 1.29 is 14.3 Å². The van der Waals surface area contributed by atoms with Crippen LogP contribution in [0.4, 0.5) is 10.1 Å². The third-order valence-electron chi connectivity index (χ3n) is 8.38. The molecule has 6 nitrogen and oxygen atoms in total. The van der Waals surface area contributed by atoms with Gasteiger partial charge in [0.2, 0.25) is 5.91 Å². The normalized spacial score (nSPS) is 21.0. The van der Waals surface area contributed by atoms with Crippen molar-refractivity contribution in [2.75, 3.05) is 44.8 Å². The molecule has 38 heavy (non-hydrogen) atoms. The van der Waals surface area contributed by atoms with Gasteiger partial charge in [0.15, 0.2) is 0 Å². The molecule has 1 aliphatic carbocycles. The van der Waals surface area contributed by atoms with E-state index >= 15 is 0 Å². The number of nitrogens with one attached hydrogen (secondary N) is 1. The number of anilines is 1. The van der Waals surface area contributed by atoms with Crippen LogP contribution in [0.3, 0.4) is 0 Å². The highest BCUT2D eigenvalue weighted by molar-refractivity contribution is 7.59. The van der Waals surface area contributed by atoms with Gasteiger partial charge in [-0.15, -0.1) is 0 Å². The van der Waals surface area contributed by atoms with E-state index in [9.17, 15) is 14.3 Å². The zero-order chi connectivity index (χ0) is 24.9. The quantitative estimate of drug-likeness (QED) is 0.496. The minimum atomic E-state index is -0.675. The fourth-order valence-corrected chi connectivity index (χ4v) is 6.66. The van der Waals surface area contributed by atoms with Crippen LogP contribution in [0.2, 0.25) is 0 Å². The van der Waals surface area contributed by atoms with E-state index in [0.717, 1.165) is 25.2 Å². The van der Waals surface area contributed by atoms with Crippen LogP contribution in [0.25, 0.3) is 10.8 Å². The summed E-state index contributed by atoms with van der Waals surface area (Å²) in [6.07, 6.45) is 1.76. The van der Waals surface area contributed by atoms with Gasteiger partial charge in [-0.3, -0.25) is 9.69 Å². The van der Waals surface area contributed by atoms with Crippen molar-refractivity contribution in [3.8, 4) is 0 Å². The van der Waals surface area contributed by atoms with Gasteiger partial charge in [0.05, 0.1) is 12.8 Å². The molecule has 2 aliphatic heterocycles. The maximum Gasteiger partial charge on any atom is 0.250 e. The van der Waals surface area contributed by atoms with E-state index in [4.69, 9.17) is 0 Å². The van der Waals surface area contributed by atoms with Crippen LogP contribution >= 0.6 is 13.5 Å². The summed E-state index contributed by atoms with van der Waals surface area (Å²) in [4.78, 5) is 20.3. The highest BCUT2D eigenvalue weighted by Crippen LogP contribution is 2.45. The summed E-state index contributed by atoms with van der Waals surface area (Å²) in [5, 5.41) is 16.1. The average Bonchev–Trinajstić information content (AvgIpc) is 3.38. The Hall–Kier alpha value is -2.65. The van der Waals surface area contributed by atoms with Gasteiger partial charge in [0.1, 0.15) is 11.4 Å². The number of nitrogens with zero attached hydrogens (tertiary/aromatic N) is 3. The van der Waals surface area contributed by atoms with Crippen LogP contribution in [0.5, 0.6) is 0 Å². The number of carbonyl (C=O) groups is 1. The number of piperidine rings is 1. The first kappa shape index (κ1) is 28.4. The number of amides is 1. The van der Waals surface area contributed by atoms with Crippen molar-refractivity contribution >= 4 is 35.9 Å². The minimum Gasteiger partial charge on any atom is -0.390 e. The Labute approximate surface area is 231 Å². The largest absolute Gasteiger partial charge is 0.390 e. The van der Waals surface area contributed by atoms with Crippen molar-refractivity contribution in [3.63, 3.8) is 0 Å². The van der Waals surface area contributed by atoms with E-state index in [1.807, 2.05) is 0 Å². The smallest absolute Gasteiger partial charge is 0.250 e. The second-order valence-electron chi connectivity index (χ2n) is 10.4. The molecule has 1 amide bonds. The highest BCUT2D eigenvalue weighted by atomic mass is 32.1. The minimum absolute atomic E-state index is 0. The number of rotatable bonds is 6. The van der Waals surface area contributed by atoms with Gasteiger partial charge in [-0.25, -0.2) is 4.39 Å². The molecule has 8 heteroatoms. The number of likely N-dealkylation sites (tertiary alicyclic amines) is 1. The van der Waals surface area contributed by atoms with Crippen LogP contribution in [0.15, 0.2) is 60.7 Å². The second-order valence-corrected chi connectivity index (χ2v) is 10.4. The lowest BCUT2D eigenvalue weighted by Gasteiger charge is -2.45. The first-order valence-electron chi connectivity index (χ1n) is 12.9. The molecule has 0 aromatic heterocycles. The Morgan fingerprint density at radius 1 is 1.08 bits per heavy atom. The molecule has 0 radical (unpaired) electrons. The SMILES string of the molecule is C.CNC[C@H](O)CN1CN(c2ccc(F)cc2)C2(CCN([C@@H]3Cc4cccc5cccc3c45)CC2)C1=O.S. The molecule has 2 heterocycles.